The van der Waals surface area contributed by atoms with Crippen LogP contribution in [0, 0.1) is 11.3 Å². The van der Waals surface area contributed by atoms with E-state index < -0.39 is 10.0 Å². The molecule has 212 valence electrons. The van der Waals surface area contributed by atoms with Gasteiger partial charge in [0.05, 0.1) is 22.0 Å². The standard InChI is InChI=1S/C30H34N8O2S/c31-22-23-3-4-24-12-18-37(28(24)21-23)29-11-15-33-30(35-29)34-25-5-7-27(8-6-25)41(39,40)38(26-9-13-32-14-10-26)20-19-36-16-1-2-17-36/h3-8,11-12,15,18,21,26,32H,1-2,9-10,13-14,16-17,19-20H2,(H,33,34,35). The van der Waals surface area contributed by atoms with Crippen LogP contribution in [0.2, 0.25) is 0 Å². The van der Waals surface area contributed by atoms with Crippen molar-refractivity contribution in [3.05, 3.63) is 72.6 Å². The number of nitrogens with one attached hydrogen (secondary N) is 2. The first-order valence-electron chi connectivity index (χ1n) is 14.2. The number of sulfonamides is 1. The monoisotopic (exact) mass is 570 g/mol. The van der Waals surface area contributed by atoms with E-state index in [1.165, 1.54) is 12.8 Å². The van der Waals surface area contributed by atoms with Crippen molar-refractivity contribution in [3.63, 3.8) is 0 Å². The topological polar surface area (TPSA) is 119 Å². The summed E-state index contributed by atoms with van der Waals surface area (Å²) in [5.74, 6) is 1.04. The second-order valence-corrected chi connectivity index (χ2v) is 12.5. The molecule has 2 fully saturated rings. The van der Waals surface area contributed by atoms with Gasteiger partial charge in [-0.25, -0.2) is 13.4 Å². The lowest BCUT2D eigenvalue weighted by Crippen LogP contribution is -2.48. The minimum atomic E-state index is -3.65. The molecular weight excluding hydrogens is 536 g/mol. The molecule has 6 rings (SSSR count). The highest BCUT2D eigenvalue weighted by Gasteiger charge is 2.32. The highest BCUT2D eigenvalue weighted by molar-refractivity contribution is 7.89. The molecule has 2 N–H and O–H groups in total. The van der Waals surface area contributed by atoms with Gasteiger partial charge < -0.3 is 20.1 Å². The molecule has 0 unspecified atom stereocenters. The zero-order valence-corrected chi connectivity index (χ0v) is 23.7. The minimum absolute atomic E-state index is 0.00630. The average Bonchev–Trinajstić information content (AvgIpc) is 3.68. The Morgan fingerprint density at radius 3 is 2.59 bits per heavy atom. The first kappa shape index (κ1) is 27.4. The van der Waals surface area contributed by atoms with Crippen LogP contribution in [-0.2, 0) is 10.0 Å². The van der Waals surface area contributed by atoms with Gasteiger partial charge in [-0.1, -0.05) is 6.07 Å². The van der Waals surface area contributed by atoms with Crippen LogP contribution in [0.1, 0.15) is 31.2 Å². The summed E-state index contributed by atoms with van der Waals surface area (Å²) in [7, 11) is -3.65. The van der Waals surface area contributed by atoms with E-state index in [1.54, 1.807) is 46.9 Å². The lowest BCUT2D eigenvalue weighted by atomic mass is 10.1. The van der Waals surface area contributed by atoms with E-state index in [0.717, 1.165) is 56.5 Å². The molecule has 0 spiro atoms. The first-order valence-corrected chi connectivity index (χ1v) is 15.6. The molecule has 2 aliphatic rings. The van der Waals surface area contributed by atoms with Crippen LogP contribution in [0.15, 0.2) is 71.9 Å². The molecule has 10 nitrogen and oxygen atoms in total. The molecule has 0 bridgehead atoms. The zero-order valence-electron chi connectivity index (χ0n) is 22.9. The van der Waals surface area contributed by atoms with Crippen molar-refractivity contribution < 1.29 is 8.42 Å². The summed E-state index contributed by atoms with van der Waals surface area (Å²) in [6.45, 7) is 5.04. The van der Waals surface area contributed by atoms with Crippen LogP contribution < -0.4 is 10.6 Å². The van der Waals surface area contributed by atoms with Gasteiger partial charge in [-0.3, -0.25) is 0 Å². The third-order valence-corrected chi connectivity index (χ3v) is 9.94. The lowest BCUT2D eigenvalue weighted by molar-refractivity contribution is 0.228. The molecule has 11 heteroatoms. The van der Waals surface area contributed by atoms with E-state index in [2.05, 4.69) is 31.6 Å². The molecule has 2 saturated heterocycles. The average molecular weight is 571 g/mol. The summed E-state index contributed by atoms with van der Waals surface area (Å²) in [6, 6.07) is 18.4. The van der Waals surface area contributed by atoms with Gasteiger partial charge in [-0.15, -0.1) is 0 Å². The Morgan fingerprint density at radius 1 is 1.05 bits per heavy atom. The second-order valence-electron chi connectivity index (χ2n) is 10.6. The van der Waals surface area contributed by atoms with E-state index in [1.807, 2.05) is 29.0 Å². The number of nitriles is 1. The number of hydrogen-bond donors (Lipinski definition) is 2. The SMILES string of the molecule is N#Cc1ccc2ccn(-c3ccnc(Nc4ccc(S(=O)(=O)N(CCN5CCCC5)C5CCNCC5)cc4)n3)c2c1. The normalized spacial score (nSPS) is 16.8. The summed E-state index contributed by atoms with van der Waals surface area (Å²) >= 11 is 0. The Labute approximate surface area is 240 Å². The number of benzene rings is 2. The van der Waals surface area contributed by atoms with Crippen LogP contribution in [-0.4, -0.2) is 77.5 Å². The number of hydrogen-bond acceptors (Lipinski definition) is 8. The van der Waals surface area contributed by atoms with E-state index in [4.69, 9.17) is 0 Å². The van der Waals surface area contributed by atoms with Gasteiger partial charge >= 0.3 is 0 Å². The first-order chi connectivity index (χ1) is 20.0. The van der Waals surface area contributed by atoms with Crippen molar-refractivity contribution in [2.24, 2.45) is 0 Å². The fraction of sp³-hybridized carbons (Fsp3) is 0.367. The third kappa shape index (κ3) is 5.96. The smallest absolute Gasteiger partial charge is 0.243 e. The van der Waals surface area contributed by atoms with E-state index in [-0.39, 0.29) is 6.04 Å². The molecule has 0 radical (unpaired) electrons. The third-order valence-electron chi connectivity index (χ3n) is 7.98. The number of aromatic nitrogens is 3. The molecule has 0 aliphatic carbocycles. The zero-order chi connectivity index (χ0) is 28.2. The molecule has 0 saturated carbocycles. The Morgan fingerprint density at radius 2 is 1.83 bits per heavy atom. The lowest BCUT2D eigenvalue weighted by Gasteiger charge is -2.34. The summed E-state index contributed by atoms with van der Waals surface area (Å²) in [5.41, 5.74) is 2.15. The maximum Gasteiger partial charge on any atom is 0.243 e. The van der Waals surface area contributed by atoms with Crippen LogP contribution in [0.3, 0.4) is 0 Å². The van der Waals surface area contributed by atoms with Crippen LogP contribution in [0.5, 0.6) is 0 Å². The Hall–Kier alpha value is -3.82. The van der Waals surface area contributed by atoms with Crippen LogP contribution >= 0.6 is 0 Å². The van der Waals surface area contributed by atoms with Gasteiger partial charge in [0.25, 0.3) is 0 Å². The number of rotatable bonds is 9. The fourth-order valence-corrected chi connectivity index (χ4v) is 7.43. The molecular formula is C30H34N8O2S. The quantitative estimate of drug-likeness (QED) is 0.311. The number of piperidine rings is 1. The number of nitrogens with zero attached hydrogens (tertiary/aromatic N) is 6. The molecule has 2 aliphatic heterocycles. The molecule has 2 aromatic heterocycles. The molecule has 2 aromatic carbocycles. The minimum Gasteiger partial charge on any atom is -0.324 e. The van der Waals surface area contributed by atoms with Gasteiger partial charge in [-0.05, 0) is 100 Å². The summed E-state index contributed by atoms with van der Waals surface area (Å²) < 4.78 is 31.4. The largest absolute Gasteiger partial charge is 0.324 e. The second kappa shape index (κ2) is 12.0. The van der Waals surface area contributed by atoms with Gasteiger partial charge in [0, 0.05) is 42.6 Å². The number of likely N-dealkylation sites (tertiary alicyclic amines) is 1. The van der Waals surface area contributed by atoms with Crippen molar-refractivity contribution in [2.75, 3.05) is 44.6 Å². The van der Waals surface area contributed by atoms with Gasteiger partial charge in [0.2, 0.25) is 16.0 Å². The maximum atomic E-state index is 13.9. The van der Waals surface area contributed by atoms with E-state index in [0.29, 0.717) is 34.5 Å². The van der Waals surface area contributed by atoms with E-state index in [9.17, 15) is 13.7 Å². The Balaban J connectivity index is 1.20. The maximum absolute atomic E-state index is 13.9. The molecule has 0 atom stereocenters. The fourth-order valence-electron chi connectivity index (χ4n) is 5.76. The molecule has 4 heterocycles. The Kier molecular flexibility index (Phi) is 7.98. The summed E-state index contributed by atoms with van der Waals surface area (Å²) in [4.78, 5) is 11.7. The van der Waals surface area contributed by atoms with Crippen LogP contribution in [0.4, 0.5) is 11.6 Å². The van der Waals surface area contributed by atoms with Crippen LogP contribution in [0.25, 0.3) is 16.7 Å². The van der Waals surface area contributed by atoms with Gasteiger partial charge in [0.15, 0.2) is 0 Å². The predicted molar refractivity (Wildman–Crippen MR) is 159 cm³/mol. The van der Waals surface area contributed by atoms with Crippen molar-refractivity contribution in [2.45, 2.75) is 36.6 Å². The van der Waals surface area contributed by atoms with Gasteiger partial charge in [-0.2, -0.15) is 14.6 Å². The van der Waals surface area contributed by atoms with Crippen molar-refractivity contribution in [3.8, 4) is 11.9 Å². The molecule has 4 aromatic rings. The highest BCUT2D eigenvalue weighted by atomic mass is 32.2. The highest BCUT2D eigenvalue weighted by Crippen LogP contribution is 2.26. The molecule has 0 amide bonds. The Bertz CT molecular complexity index is 1650. The van der Waals surface area contributed by atoms with Crippen molar-refractivity contribution in [1.82, 2.24) is 29.1 Å². The molecule has 41 heavy (non-hydrogen) atoms. The number of anilines is 2. The van der Waals surface area contributed by atoms with Gasteiger partial charge in [0.1, 0.15) is 5.82 Å². The predicted octanol–water partition coefficient (Wildman–Crippen LogP) is 3.87. The van der Waals surface area contributed by atoms with Crippen molar-refractivity contribution in [1.29, 1.82) is 5.26 Å². The number of fused-ring (bicyclic) bond motifs is 1. The van der Waals surface area contributed by atoms with E-state index >= 15 is 0 Å². The summed E-state index contributed by atoms with van der Waals surface area (Å²) in [5, 5.41) is 16.9. The summed E-state index contributed by atoms with van der Waals surface area (Å²) in [6.07, 6.45) is 7.59. The van der Waals surface area contributed by atoms with Crippen molar-refractivity contribution >= 4 is 32.6 Å².